The van der Waals surface area contributed by atoms with Crippen LogP contribution in [0.15, 0.2) is 23.0 Å². The van der Waals surface area contributed by atoms with Crippen LogP contribution in [0.2, 0.25) is 0 Å². The predicted molar refractivity (Wildman–Crippen MR) is 43.8 cm³/mol. The second-order valence-corrected chi connectivity index (χ2v) is 2.40. The third-order valence-electron chi connectivity index (χ3n) is 1.46. The number of hydrogen-bond acceptors (Lipinski definition) is 4. The average molecular weight is 169 g/mol. The monoisotopic (exact) mass is 169 g/mol. The molecule has 0 aliphatic carbocycles. The van der Waals surface area contributed by atoms with Crippen molar-refractivity contribution in [1.82, 2.24) is 0 Å². The first kappa shape index (κ1) is 8.64. The van der Waals surface area contributed by atoms with Crippen LogP contribution in [-0.4, -0.2) is 19.1 Å². The zero-order valence-electron chi connectivity index (χ0n) is 7.03. The second kappa shape index (κ2) is 3.80. The van der Waals surface area contributed by atoms with Crippen LogP contribution in [-0.2, 0) is 9.53 Å². The molecule has 0 fully saturated rings. The highest BCUT2D eigenvalue weighted by Crippen LogP contribution is 2.08. The summed E-state index contributed by atoms with van der Waals surface area (Å²) < 4.78 is 9.34. The zero-order valence-corrected chi connectivity index (χ0v) is 7.03. The van der Waals surface area contributed by atoms with Crippen molar-refractivity contribution in [1.29, 1.82) is 0 Å². The van der Waals surface area contributed by atoms with Crippen molar-refractivity contribution >= 4 is 11.7 Å². The Morgan fingerprint density at radius 3 is 3.00 bits per heavy atom. The number of carbonyl (C=O) groups is 1. The minimum absolute atomic E-state index is 0.295. The van der Waals surface area contributed by atoms with Crippen LogP contribution in [0.25, 0.3) is 0 Å². The first-order chi connectivity index (χ1) is 5.74. The van der Waals surface area contributed by atoms with Crippen LogP contribution >= 0.6 is 0 Å². The minimum Gasteiger partial charge on any atom is -0.470 e. The average Bonchev–Trinajstić information content (AvgIpc) is 2.55. The molecular formula is C8H11NO3. The molecule has 0 aromatic carbocycles. The van der Waals surface area contributed by atoms with Crippen molar-refractivity contribution in [3.63, 3.8) is 0 Å². The number of carbonyl (C=O) groups excluding carboxylic acids is 1. The maximum atomic E-state index is 10.9. The lowest BCUT2D eigenvalue weighted by atomic mass is 10.3. The van der Waals surface area contributed by atoms with E-state index in [4.69, 9.17) is 4.42 Å². The summed E-state index contributed by atoms with van der Waals surface area (Å²) in [6, 6.07) is 1.38. The van der Waals surface area contributed by atoms with Gasteiger partial charge in [-0.2, -0.15) is 0 Å². The van der Waals surface area contributed by atoms with Crippen LogP contribution in [0.1, 0.15) is 6.92 Å². The van der Waals surface area contributed by atoms with E-state index >= 15 is 0 Å². The van der Waals surface area contributed by atoms with Gasteiger partial charge in [0, 0.05) is 0 Å². The topological polar surface area (TPSA) is 51.5 Å². The summed E-state index contributed by atoms with van der Waals surface area (Å²) in [6.07, 6.45) is 3.06. The molecule has 0 aliphatic heterocycles. The number of ether oxygens (including phenoxy) is 1. The summed E-state index contributed by atoms with van der Waals surface area (Å²) in [5, 5.41) is 2.90. The van der Waals surface area contributed by atoms with Crippen molar-refractivity contribution in [3.05, 3.63) is 18.6 Å². The lowest BCUT2D eigenvalue weighted by Crippen LogP contribution is -2.26. The fourth-order valence-corrected chi connectivity index (χ4v) is 0.832. The molecule has 0 unspecified atom stereocenters. The van der Waals surface area contributed by atoms with Crippen molar-refractivity contribution in [2.24, 2.45) is 0 Å². The van der Waals surface area contributed by atoms with Gasteiger partial charge < -0.3 is 14.5 Å². The van der Waals surface area contributed by atoms with Gasteiger partial charge in [0.2, 0.25) is 0 Å². The minimum atomic E-state index is -0.354. The lowest BCUT2D eigenvalue weighted by molar-refractivity contribution is -0.141. The molecule has 0 radical (unpaired) electrons. The molecule has 0 bridgehead atoms. The Hall–Kier alpha value is -1.45. The van der Waals surface area contributed by atoms with Gasteiger partial charge in [-0.1, -0.05) is 0 Å². The molecule has 1 aromatic rings. The number of hydrogen-bond donors (Lipinski definition) is 1. The molecule has 0 spiro atoms. The highest BCUT2D eigenvalue weighted by molar-refractivity contribution is 5.78. The zero-order chi connectivity index (χ0) is 8.97. The van der Waals surface area contributed by atoms with Gasteiger partial charge in [-0.15, -0.1) is 0 Å². The molecule has 1 heterocycles. The Morgan fingerprint density at radius 1 is 1.75 bits per heavy atom. The van der Waals surface area contributed by atoms with Gasteiger partial charge >= 0.3 is 5.97 Å². The predicted octanol–water partition coefficient (Wildman–Crippen LogP) is 1.25. The molecule has 0 saturated heterocycles. The first-order valence-electron chi connectivity index (χ1n) is 3.60. The van der Waals surface area contributed by atoms with Crippen LogP contribution < -0.4 is 5.32 Å². The molecule has 4 heteroatoms. The molecule has 12 heavy (non-hydrogen) atoms. The lowest BCUT2D eigenvalue weighted by Gasteiger charge is -2.09. The van der Waals surface area contributed by atoms with Crippen LogP contribution in [0.3, 0.4) is 0 Å². The molecule has 0 amide bonds. The maximum absolute atomic E-state index is 10.9. The Bertz CT molecular complexity index is 243. The molecule has 4 nitrogen and oxygen atoms in total. The molecule has 66 valence electrons. The van der Waals surface area contributed by atoms with Crippen LogP contribution in [0.5, 0.6) is 0 Å². The van der Waals surface area contributed by atoms with E-state index in [0.29, 0.717) is 0 Å². The number of anilines is 1. The maximum Gasteiger partial charge on any atom is 0.327 e. The Balaban J connectivity index is 2.47. The fourth-order valence-electron chi connectivity index (χ4n) is 0.832. The molecule has 0 aliphatic rings. The summed E-state index contributed by atoms with van der Waals surface area (Å²) in [6.45, 7) is 1.72. The summed E-state index contributed by atoms with van der Waals surface area (Å²) in [4.78, 5) is 10.9. The van der Waals surface area contributed by atoms with Gasteiger partial charge in [0.15, 0.2) is 0 Å². The number of furan rings is 1. The highest BCUT2D eigenvalue weighted by atomic mass is 16.5. The van der Waals surface area contributed by atoms with E-state index < -0.39 is 0 Å². The van der Waals surface area contributed by atoms with Gasteiger partial charge in [0.05, 0.1) is 19.1 Å². The van der Waals surface area contributed by atoms with E-state index in [1.165, 1.54) is 19.6 Å². The quantitative estimate of drug-likeness (QED) is 0.692. The molecule has 1 N–H and O–H groups in total. The van der Waals surface area contributed by atoms with Gasteiger partial charge in [0.1, 0.15) is 12.3 Å². The third kappa shape index (κ3) is 2.02. The van der Waals surface area contributed by atoms with Crippen molar-refractivity contribution in [2.75, 3.05) is 12.4 Å². The molecule has 0 saturated carbocycles. The van der Waals surface area contributed by atoms with Crippen LogP contribution in [0.4, 0.5) is 5.69 Å². The normalized spacial score (nSPS) is 12.2. The summed E-state index contributed by atoms with van der Waals surface area (Å²) >= 11 is 0. The van der Waals surface area contributed by atoms with E-state index in [1.54, 1.807) is 13.0 Å². The third-order valence-corrected chi connectivity index (χ3v) is 1.46. The van der Waals surface area contributed by atoms with E-state index in [-0.39, 0.29) is 12.0 Å². The van der Waals surface area contributed by atoms with E-state index in [1.807, 2.05) is 0 Å². The number of nitrogens with one attached hydrogen (secondary N) is 1. The Morgan fingerprint density at radius 2 is 2.50 bits per heavy atom. The number of esters is 1. The standard InChI is InChI=1S/C8H11NO3/c1-6(8(10)11-2)9-7-3-4-12-5-7/h3-6,9H,1-2H3/t6-/m0/s1. The largest absolute Gasteiger partial charge is 0.470 e. The molecule has 1 atom stereocenters. The molecular weight excluding hydrogens is 158 g/mol. The van der Waals surface area contributed by atoms with Crippen molar-refractivity contribution in [2.45, 2.75) is 13.0 Å². The Kier molecular flexibility index (Phi) is 2.74. The second-order valence-electron chi connectivity index (χ2n) is 2.40. The Labute approximate surface area is 70.5 Å². The van der Waals surface area contributed by atoms with Crippen LogP contribution in [0, 0.1) is 0 Å². The number of methoxy groups -OCH3 is 1. The van der Waals surface area contributed by atoms with E-state index in [2.05, 4.69) is 10.1 Å². The van der Waals surface area contributed by atoms with Crippen molar-refractivity contribution < 1.29 is 13.9 Å². The van der Waals surface area contributed by atoms with Crippen molar-refractivity contribution in [3.8, 4) is 0 Å². The van der Waals surface area contributed by atoms with Gasteiger partial charge in [-0.3, -0.25) is 0 Å². The van der Waals surface area contributed by atoms with Gasteiger partial charge in [-0.05, 0) is 13.0 Å². The van der Waals surface area contributed by atoms with Gasteiger partial charge in [0.25, 0.3) is 0 Å². The van der Waals surface area contributed by atoms with Gasteiger partial charge in [-0.25, -0.2) is 4.79 Å². The van der Waals surface area contributed by atoms with E-state index in [9.17, 15) is 4.79 Å². The molecule has 1 aromatic heterocycles. The molecule has 1 rings (SSSR count). The summed E-state index contributed by atoms with van der Waals surface area (Å²) in [7, 11) is 1.36. The number of rotatable bonds is 3. The SMILES string of the molecule is COC(=O)[C@H](C)Nc1ccoc1. The summed E-state index contributed by atoms with van der Waals surface area (Å²) in [5.74, 6) is -0.295. The highest BCUT2D eigenvalue weighted by Gasteiger charge is 2.12. The summed E-state index contributed by atoms with van der Waals surface area (Å²) in [5.41, 5.74) is 0.771. The smallest absolute Gasteiger partial charge is 0.327 e. The fraction of sp³-hybridized carbons (Fsp3) is 0.375. The first-order valence-corrected chi connectivity index (χ1v) is 3.60. The van der Waals surface area contributed by atoms with E-state index in [0.717, 1.165) is 5.69 Å².